The first-order valence-corrected chi connectivity index (χ1v) is 14.2. The molecule has 5 nitrogen and oxygen atoms in total. The van der Waals surface area contributed by atoms with Crippen LogP contribution in [0.4, 0.5) is 0 Å². The van der Waals surface area contributed by atoms with E-state index in [0.29, 0.717) is 53.5 Å². The summed E-state index contributed by atoms with van der Waals surface area (Å²) in [6.45, 7) is 11.4. The molecular weight excluding hydrogens is 596 g/mol. The highest BCUT2D eigenvalue weighted by molar-refractivity contribution is 9.12. The summed E-state index contributed by atoms with van der Waals surface area (Å²) in [6, 6.07) is 8.10. The Labute approximate surface area is 223 Å². The molecule has 0 unspecified atom stereocenters. The Kier molecular flexibility index (Phi) is 8.01. The second-order valence-corrected chi connectivity index (χ2v) is 12.2. The normalized spacial score (nSPS) is 16.3. The smallest absolute Gasteiger partial charge is 0.295 e. The van der Waals surface area contributed by atoms with Gasteiger partial charge in [-0.1, -0.05) is 45.9 Å². The predicted molar refractivity (Wildman–Crippen MR) is 146 cm³/mol. The first kappa shape index (κ1) is 27.6. The van der Waals surface area contributed by atoms with E-state index in [9.17, 15) is 22.9 Å². The van der Waals surface area contributed by atoms with Gasteiger partial charge in [-0.2, -0.15) is 8.42 Å². The van der Waals surface area contributed by atoms with Crippen LogP contribution in [0.1, 0.15) is 62.8 Å². The average Bonchev–Trinajstić information content (AvgIpc) is 2.78. The van der Waals surface area contributed by atoms with E-state index < -0.39 is 10.1 Å². The van der Waals surface area contributed by atoms with Crippen LogP contribution in [-0.2, 0) is 14.9 Å². The number of phenols is 1. The lowest BCUT2D eigenvalue weighted by atomic mass is 9.81. The fraction of sp³-hybridized carbons (Fsp3) is 0.296. The number of carbonyl (C=O) groups excluding carboxylic acids is 1. The molecule has 2 N–H and O–H groups in total. The third-order valence-corrected chi connectivity index (χ3v) is 9.06. The molecule has 0 bridgehead atoms. The molecule has 0 aliphatic heterocycles. The van der Waals surface area contributed by atoms with Gasteiger partial charge in [0.05, 0.1) is 8.96 Å². The molecule has 3 rings (SSSR count). The van der Waals surface area contributed by atoms with Gasteiger partial charge < -0.3 is 5.11 Å². The highest BCUT2D eigenvalue weighted by atomic mass is 79.9. The van der Waals surface area contributed by atoms with E-state index in [1.807, 2.05) is 40.7 Å². The predicted octanol–water partition coefficient (Wildman–Crippen LogP) is 7.47. The van der Waals surface area contributed by atoms with Crippen LogP contribution >= 0.6 is 31.9 Å². The molecule has 2 aromatic rings. The number of halogens is 2. The number of ketones is 1. The van der Waals surface area contributed by atoms with E-state index >= 15 is 0 Å². The van der Waals surface area contributed by atoms with Crippen molar-refractivity contribution >= 4 is 53.3 Å². The topological polar surface area (TPSA) is 91.7 Å². The lowest BCUT2D eigenvalue weighted by Gasteiger charge is -2.25. The Hall–Kier alpha value is -2.00. The minimum atomic E-state index is -4.57. The van der Waals surface area contributed by atoms with Gasteiger partial charge in [0, 0.05) is 11.1 Å². The van der Waals surface area contributed by atoms with Crippen molar-refractivity contribution in [3.05, 3.63) is 84.3 Å². The molecule has 1 aliphatic rings. The molecule has 2 aromatic carbocycles. The fourth-order valence-electron chi connectivity index (χ4n) is 4.22. The zero-order valence-corrected chi connectivity index (χ0v) is 24.4. The molecule has 0 amide bonds. The van der Waals surface area contributed by atoms with Crippen LogP contribution in [0, 0.1) is 12.8 Å². The molecule has 0 radical (unpaired) electrons. The summed E-state index contributed by atoms with van der Waals surface area (Å²) < 4.78 is 35.8. The van der Waals surface area contributed by atoms with Crippen molar-refractivity contribution in [2.45, 2.75) is 52.4 Å². The maximum absolute atomic E-state index is 13.0. The Balaban J connectivity index is 2.64. The largest absolute Gasteiger partial charge is 0.506 e. The second-order valence-electron chi connectivity index (χ2n) is 9.24. The van der Waals surface area contributed by atoms with Gasteiger partial charge >= 0.3 is 0 Å². The van der Waals surface area contributed by atoms with Gasteiger partial charge in [-0.15, -0.1) is 0 Å². The zero-order chi connectivity index (χ0) is 26.4. The molecule has 0 heterocycles. The standard InChI is InChI=1S/C27H28Br2O5S/c1-13(2)18-11-20(15(5)24(28)26(18)30)23(17-9-7-8-10-22(17)35(32,33)34)21-12-19(14(3)4)27(31)25(29)16(21)6/h7-14,30H,1-6H3,(H,32,33,34). The Morgan fingerprint density at radius 3 is 2.11 bits per heavy atom. The van der Waals surface area contributed by atoms with Gasteiger partial charge in [0.25, 0.3) is 10.1 Å². The number of hydrogen-bond donors (Lipinski definition) is 2. The molecule has 0 spiro atoms. The van der Waals surface area contributed by atoms with Gasteiger partial charge in [-0.05, 0) is 109 Å². The molecule has 0 aromatic heterocycles. The molecule has 35 heavy (non-hydrogen) atoms. The summed E-state index contributed by atoms with van der Waals surface area (Å²) in [5, 5.41) is 10.8. The van der Waals surface area contributed by atoms with E-state index in [0.717, 1.165) is 0 Å². The summed E-state index contributed by atoms with van der Waals surface area (Å²) in [5.74, 6) is -0.0867. The molecule has 186 valence electrons. The van der Waals surface area contributed by atoms with Gasteiger partial charge in [0.2, 0.25) is 0 Å². The number of phenolic OH excluding ortho intramolecular Hbond substituents is 1. The Bertz CT molecular complexity index is 1430. The lowest BCUT2D eigenvalue weighted by Crippen LogP contribution is -2.16. The summed E-state index contributed by atoms with van der Waals surface area (Å²) in [7, 11) is -4.57. The number of benzene rings is 2. The summed E-state index contributed by atoms with van der Waals surface area (Å²) >= 11 is 6.97. The average molecular weight is 624 g/mol. The van der Waals surface area contributed by atoms with Gasteiger partial charge in [-0.25, -0.2) is 0 Å². The van der Waals surface area contributed by atoms with Crippen molar-refractivity contribution in [2.75, 3.05) is 0 Å². The molecule has 0 atom stereocenters. The lowest BCUT2D eigenvalue weighted by molar-refractivity contribution is -0.112. The zero-order valence-electron chi connectivity index (χ0n) is 20.4. The summed E-state index contributed by atoms with van der Waals surface area (Å²) in [4.78, 5) is 12.7. The van der Waals surface area contributed by atoms with E-state index in [-0.39, 0.29) is 28.3 Å². The highest BCUT2D eigenvalue weighted by Gasteiger charge is 2.30. The van der Waals surface area contributed by atoms with E-state index in [1.165, 1.54) is 6.07 Å². The molecular formula is C27H28Br2O5S. The van der Waals surface area contributed by atoms with Gasteiger partial charge in [0.1, 0.15) is 10.6 Å². The maximum atomic E-state index is 13.0. The molecule has 1 aliphatic carbocycles. The quantitative estimate of drug-likeness (QED) is 0.337. The summed E-state index contributed by atoms with van der Waals surface area (Å²) in [6.07, 6.45) is 1.80. The number of allylic oxidation sites excluding steroid dienone is 5. The van der Waals surface area contributed by atoms with E-state index in [2.05, 4.69) is 31.9 Å². The Morgan fingerprint density at radius 1 is 0.971 bits per heavy atom. The van der Waals surface area contributed by atoms with E-state index in [1.54, 1.807) is 31.2 Å². The number of hydrogen-bond acceptors (Lipinski definition) is 4. The SMILES string of the molecule is CC1=C(Br)C(=O)C(C(C)C)=CC1=C(c1ccccc1S(=O)(=O)O)c1cc(C(C)C)c(O)c(Br)c1C. The number of Topliss-reactive ketones (excluding diaryl/α,β-unsaturated/α-hetero) is 1. The van der Waals surface area contributed by atoms with Gasteiger partial charge in [0.15, 0.2) is 5.78 Å². The second kappa shape index (κ2) is 10.2. The molecule has 0 saturated carbocycles. The monoisotopic (exact) mass is 622 g/mol. The number of aromatic hydroxyl groups is 1. The minimum absolute atomic E-state index is 0.0215. The first-order chi connectivity index (χ1) is 16.2. The molecule has 0 fully saturated rings. The number of carbonyl (C=O) groups is 1. The van der Waals surface area contributed by atoms with Crippen molar-refractivity contribution in [2.24, 2.45) is 5.92 Å². The van der Waals surface area contributed by atoms with Crippen molar-refractivity contribution in [3.63, 3.8) is 0 Å². The maximum Gasteiger partial charge on any atom is 0.295 e. The first-order valence-electron chi connectivity index (χ1n) is 11.1. The minimum Gasteiger partial charge on any atom is -0.506 e. The third-order valence-electron chi connectivity index (χ3n) is 6.23. The van der Waals surface area contributed by atoms with Crippen LogP contribution in [0.25, 0.3) is 5.57 Å². The van der Waals surface area contributed by atoms with Crippen LogP contribution in [0.5, 0.6) is 5.75 Å². The molecule has 8 heteroatoms. The third kappa shape index (κ3) is 5.12. The van der Waals surface area contributed by atoms with Crippen molar-refractivity contribution in [3.8, 4) is 5.75 Å². The summed E-state index contributed by atoms with van der Waals surface area (Å²) in [5.41, 5.74) is 4.78. The number of rotatable bonds is 5. The van der Waals surface area contributed by atoms with Crippen molar-refractivity contribution in [1.82, 2.24) is 0 Å². The van der Waals surface area contributed by atoms with Crippen molar-refractivity contribution < 1.29 is 22.9 Å². The fourth-order valence-corrected chi connectivity index (χ4v) is 5.80. The van der Waals surface area contributed by atoms with Crippen LogP contribution in [0.2, 0.25) is 0 Å². The van der Waals surface area contributed by atoms with Crippen LogP contribution in [0.3, 0.4) is 0 Å². The van der Waals surface area contributed by atoms with Crippen LogP contribution in [-0.4, -0.2) is 23.9 Å². The van der Waals surface area contributed by atoms with Crippen molar-refractivity contribution in [1.29, 1.82) is 0 Å². The van der Waals surface area contributed by atoms with E-state index in [4.69, 9.17) is 0 Å². The molecule has 0 saturated heterocycles. The van der Waals surface area contributed by atoms with Gasteiger partial charge in [-0.3, -0.25) is 9.35 Å². The Morgan fingerprint density at radius 2 is 1.57 bits per heavy atom. The highest BCUT2D eigenvalue weighted by Crippen LogP contribution is 2.45. The van der Waals surface area contributed by atoms with Crippen LogP contribution in [0.15, 0.2) is 67.0 Å². The van der Waals surface area contributed by atoms with Crippen LogP contribution < -0.4 is 0 Å².